The van der Waals surface area contributed by atoms with E-state index in [1.165, 1.54) is 43.9 Å². The molecule has 1 spiro atoms. The first-order valence-corrected chi connectivity index (χ1v) is 14.6. The summed E-state index contributed by atoms with van der Waals surface area (Å²) in [6, 6.07) is 14.1. The lowest BCUT2D eigenvalue weighted by Crippen LogP contribution is -2.46. The maximum Gasteiger partial charge on any atom is 0.335 e. The summed E-state index contributed by atoms with van der Waals surface area (Å²) in [5.41, 5.74) is 4.95. The van der Waals surface area contributed by atoms with Gasteiger partial charge in [0.2, 0.25) is 5.95 Å². The summed E-state index contributed by atoms with van der Waals surface area (Å²) < 4.78 is 28.8. The van der Waals surface area contributed by atoms with Crippen LogP contribution in [0.25, 0.3) is 11.3 Å². The summed E-state index contributed by atoms with van der Waals surface area (Å²) in [6.07, 6.45) is 6.82. The third-order valence-electron chi connectivity index (χ3n) is 7.80. The van der Waals surface area contributed by atoms with E-state index in [1.54, 1.807) is 0 Å². The molecule has 2 aliphatic carbocycles. The molecule has 1 atom stereocenters. The van der Waals surface area contributed by atoms with E-state index in [0.717, 1.165) is 34.9 Å². The molecule has 200 valence electrons. The van der Waals surface area contributed by atoms with Crippen LogP contribution >= 0.6 is 0 Å². The van der Waals surface area contributed by atoms with Gasteiger partial charge in [-0.25, -0.2) is 27.9 Å². The zero-order valence-electron chi connectivity index (χ0n) is 22.0. The van der Waals surface area contributed by atoms with Gasteiger partial charge in [-0.1, -0.05) is 24.3 Å². The predicted molar refractivity (Wildman–Crippen MR) is 147 cm³/mol. The second kappa shape index (κ2) is 10.1. The number of carboxylic acid groups (broad SMARTS) is 1. The van der Waals surface area contributed by atoms with Crippen LogP contribution in [-0.4, -0.2) is 41.5 Å². The Balaban J connectivity index is 1.40. The van der Waals surface area contributed by atoms with Gasteiger partial charge in [-0.15, -0.1) is 0 Å². The number of aromatic nitrogens is 2. The molecule has 1 aromatic heterocycles. The Kier molecular flexibility index (Phi) is 7.00. The van der Waals surface area contributed by atoms with Gasteiger partial charge < -0.3 is 10.4 Å². The van der Waals surface area contributed by atoms with Crippen molar-refractivity contribution in [3.63, 3.8) is 0 Å². The van der Waals surface area contributed by atoms with Crippen LogP contribution in [-0.2, 0) is 16.4 Å². The van der Waals surface area contributed by atoms with Crippen molar-refractivity contribution in [1.82, 2.24) is 15.3 Å². The molecule has 3 aromatic rings. The average Bonchev–Trinajstić information content (AvgIpc) is 3.63. The molecule has 2 fully saturated rings. The number of nitrogens with one attached hydrogen (secondary N) is 2. The molecule has 9 heteroatoms. The number of carboxylic acids is 1. The summed E-state index contributed by atoms with van der Waals surface area (Å²) in [6.45, 7) is 6.19. The number of benzene rings is 2. The average molecular weight is 535 g/mol. The van der Waals surface area contributed by atoms with Gasteiger partial charge in [-0.2, -0.15) is 0 Å². The summed E-state index contributed by atoms with van der Waals surface area (Å²) in [4.78, 5) is 20.3. The fraction of sp³-hybridized carbons (Fsp3) is 0.414. The normalized spacial score (nSPS) is 17.1. The van der Waals surface area contributed by atoms with Crippen molar-refractivity contribution in [1.29, 1.82) is 0 Å². The zero-order chi connectivity index (χ0) is 27.1. The highest BCUT2D eigenvalue weighted by atomic mass is 32.2. The minimum Gasteiger partial charge on any atom is -0.478 e. The number of anilines is 1. The van der Waals surface area contributed by atoms with E-state index in [-0.39, 0.29) is 16.4 Å². The highest BCUT2D eigenvalue weighted by Gasteiger charge is 2.52. The Morgan fingerprint density at radius 1 is 1.08 bits per heavy atom. The molecule has 0 aliphatic heterocycles. The van der Waals surface area contributed by atoms with E-state index in [1.807, 2.05) is 38.1 Å². The van der Waals surface area contributed by atoms with E-state index < -0.39 is 16.0 Å². The standard InChI is InChI=1S/C29H34N4O4S/c1-18-6-4-7-19(2)26(18)25-15-22(11-10-20(3)30-23-16-29(17-23)12-13-29)31-28(32-25)33-38(36,37)24-9-5-8-21(14-24)27(34)35/h4-9,14-15,20,23,30H,10-13,16-17H2,1-3H3,(H,34,35)(H,31,32,33)/t20-/m0/s1. The van der Waals surface area contributed by atoms with Crippen molar-refractivity contribution in [2.75, 3.05) is 4.72 Å². The van der Waals surface area contributed by atoms with Crippen molar-refractivity contribution in [2.45, 2.75) is 76.3 Å². The molecule has 1 heterocycles. The molecule has 2 aromatic carbocycles. The van der Waals surface area contributed by atoms with Gasteiger partial charge in [0.05, 0.1) is 16.2 Å². The molecule has 8 nitrogen and oxygen atoms in total. The van der Waals surface area contributed by atoms with Gasteiger partial charge in [0.15, 0.2) is 0 Å². The first-order chi connectivity index (χ1) is 18.0. The zero-order valence-corrected chi connectivity index (χ0v) is 22.8. The summed E-state index contributed by atoms with van der Waals surface area (Å²) in [5, 5.41) is 13.0. The number of hydrogen-bond acceptors (Lipinski definition) is 6. The quantitative estimate of drug-likeness (QED) is 0.330. The lowest BCUT2D eigenvalue weighted by Gasteiger charge is -2.38. The van der Waals surface area contributed by atoms with Crippen LogP contribution in [0.4, 0.5) is 5.95 Å². The van der Waals surface area contributed by atoms with Crippen LogP contribution in [0.1, 0.15) is 66.2 Å². The number of aryl methyl sites for hydroxylation is 3. The van der Waals surface area contributed by atoms with Crippen molar-refractivity contribution < 1.29 is 18.3 Å². The van der Waals surface area contributed by atoms with Gasteiger partial charge in [0.1, 0.15) is 0 Å². The molecule has 0 amide bonds. The maximum absolute atomic E-state index is 13.2. The molecule has 5 rings (SSSR count). The fourth-order valence-electron chi connectivity index (χ4n) is 5.53. The smallest absolute Gasteiger partial charge is 0.335 e. The molecule has 38 heavy (non-hydrogen) atoms. The summed E-state index contributed by atoms with van der Waals surface area (Å²) in [5.74, 6) is -1.23. The molecular formula is C29H34N4O4S. The maximum atomic E-state index is 13.2. The molecule has 2 saturated carbocycles. The Morgan fingerprint density at radius 3 is 2.42 bits per heavy atom. The Bertz CT molecular complexity index is 1460. The summed E-state index contributed by atoms with van der Waals surface area (Å²) >= 11 is 0. The Labute approximate surface area is 224 Å². The highest BCUT2D eigenvalue weighted by Crippen LogP contribution is 2.60. The first-order valence-electron chi connectivity index (χ1n) is 13.1. The van der Waals surface area contributed by atoms with Crippen LogP contribution in [0.2, 0.25) is 0 Å². The summed E-state index contributed by atoms with van der Waals surface area (Å²) in [7, 11) is -4.10. The topological polar surface area (TPSA) is 121 Å². The molecule has 0 radical (unpaired) electrons. The predicted octanol–water partition coefficient (Wildman–Crippen LogP) is 5.11. The molecule has 0 unspecified atom stereocenters. The Morgan fingerprint density at radius 2 is 1.76 bits per heavy atom. The van der Waals surface area contributed by atoms with Crippen molar-refractivity contribution >= 4 is 21.9 Å². The SMILES string of the molecule is Cc1cccc(C)c1-c1cc(CC[C@H](C)NC2CC3(CC3)C2)nc(NS(=O)(=O)c2cccc(C(=O)O)c2)n1. The van der Waals surface area contributed by atoms with Crippen molar-refractivity contribution in [3.05, 3.63) is 70.9 Å². The van der Waals surface area contributed by atoms with Gasteiger partial charge in [-0.3, -0.25) is 0 Å². The molecule has 0 saturated heterocycles. The third-order valence-corrected chi connectivity index (χ3v) is 9.13. The number of aromatic carboxylic acids is 1. The number of nitrogens with zero attached hydrogens (tertiary/aromatic N) is 2. The molecular weight excluding hydrogens is 500 g/mol. The van der Waals surface area contributed by atoms with Gasteiger partial charge >= 0.3 is 5.97 Å². The van der Waals surface area contributed by atoms with E-state index in [4.69, 9.17) is 0 Å². The van der Waals surface area contributed by atoms with Gasteiger partial charge in [0.25, 0.3) is 10.0 Å². The van der Waals surface area contributed by atoms with Gasteiger partial charge in [0, 0.05) is 23.3 Å². The molecule has 2 aliphatic rings. The second-order valence-corrected chi connectivity index (χ2v) is 12.7. The van der Waals surface area contributed by atoms with Crippen LogP contribution in [0.15, 0.2) is 53.4 Å². The third kappa shape index (κ3) is 5.73. The van der Waals surface area contributed by atoms with Crippen LogP contribution in [0.5, 0.6) is 0 Å². The number of rotatable bonds is 10. The van der Waals surface area contributed by atoms with Crippen molar-refractivity contribution in [2.24, 2.45) is 5.41 Å². The molecule has 0 bridgehead atoms. The Hall–Kier alpha value is -3.30. The van der Waals surface area contributed by atoms with Crippen LogP contribution in [0, 0.1) is 19.3 Å². The second-order valence-electron chi connectivity index (χ2n) is 11.0. The lowest BCUT2D eigenvalue weighted by molar-refractivity contribution is 0.0696. The van der Waals surface area contributed by atoms with E-state index >= 15 is 0 Å². The minimum absolute atomic E-state index is 0.0313. The van der Waals surface area contributed by atoms with E-state index in [0.29, 0.717) is 29.6 Å². The minimum atomic E-state index is -4.10. The monoisotopic (exact) mass is 534 g/mol. The van der Waals surface area contributed by atoms with Crippen LogP contribution in [0.3, 0.4) is 0 Å². The molecule has 3 N–H and O–H groups in total. The van der Waals surface area contributed by atoms with E-state index in [2.05, 4.69) is 26.9 Å². The lowest BCUT2D eigenvalue weighted by atomic mass is 9.76. The first kappa shape index (κ1) is 26.3. The van der Waals surface area contributed by atoms with Gasteiger partial charge in [-0.05, 0) is 100 Å². The number of carbonyl (C=O) groups is 1. The largest absolute Gasteiger partial charge is 0.478 e. The van der Waals surface area contributed by atoms with E-state index in [9.17, 15) is 18.3 Å². The highest BCUT2D eigenvalue weighted by molar-refractivity contribution is 7.92. The number of sulfonamides is 1. The van der Waals surface area contributed by atoms with Crippen LogP contribution < -0.4 is 10.0 Å². The fourth-order valence-corrected chi connectivity index (χ4v) is 6.52. The number of hydrogen-bond donors (Lipinski definition) is 3. The van der Waals surface area contributed by atoms with Crippen molar-refractivity contribution in [3.8, 4) is 11.3 Å².